The molecule has 0 amide bonds. The smallest absolute Gasteiger partial charge is 0.229 e. The summed E-state index contributed by atoms with van der Waals surface area (Å²) in [5.74, 6) is 1.17. The van der Waals surface area contributed by atoms with Crippen molar-refractivity contribution in [2.45, 2.75) is 6.54 Å². The van der Waals surface area contributed by atoms with Crippen LogP contribution in [0.25, 0.3) is 0 Å². The Labute approximate surface area is 134 Å². The van der Waals surface area contributed by atoms with Crippen molar-refractivity contribution in [1.29, 1.82) is 0 Å². The lowest BCUT2D eigenvalue weighted by Gasteiger charge is -2.17. The van der Waals surface area contributed by atoms with Crippen molar-refractivity contribution in [2.24, 2.45) is 0 Å². The van der Waals surface area contributed by atoms with Crippen molar-refractivity contribution < 1.29 is 9.13 Å². The molecule has 0 saturated carbocycles. The summed E-state index contributed by atoms with van der Waals surface area (Å²) in [6, 6.07) is 6.33. The van der Waals surface area contributed by atoms with Crippen LogP contribution in [-0.4, -0.2) is 54.1 Å². The number of hydrogen-bond donors (Lipinski definition) is 1. The third-order valence-electron chi connectivity index (χ3n) is 3.07. The second kappa shape index (κ2) is 7.68. The number of nitrogens with two attached hydrogens (primary N) is 1. The average Bonchev–Trinajstić information content (AvgIpc) is 2.48. The molecule has 2 aromatic rings. The highest BCUT2D eigenvalue weighted by Gasteiger charge is 2.09. The van der Waals surface area contributed by atoms with E-state index in [-0.39, 0.29) is 17.5 Å². The molecule has 8 heteroatoms. The Kier molecular flexibility index (Phi) is 5.64. The van der Waals surface area contributed by atoms with Gasteiger partial charge in [-0.15, -0.1) is 0 Å². The quantitative estimate of drug-likeness (QED) is 0.820. The van der Waals surface area contributed by atoms with Crippen LogP contribution in [0.5, 0.6) is 5.75 Å². The van der Waals surface area contributed by atoms with Crippen molar-refractivity contribution in [3.8, 4) is 5.75 Å². The van der Waals surface area contributed by atoms with Crippen LogP contribution >= 0.6 is 0 Å². The zero-order valence-electron chi connectivity index (χ0n) is 13.5. The summed E-state index contributed by atoms with van der Waals surface area (Å²) < 4.78 is 18.9. The molecule has 1 aromatic carbocycles. The summed E-state index contributed by atoms with van der Waals surface area (Å²) in [5, 5.41) is 0. The van der Waals surface area contributed by atoms with Gasteiger partial charge in [-0.1, -0.05) is 12.1 Å². The van der Waals surface area contributed by atoms with Gasteiger partial charge in [0.25, 0.3) is 0 Å². The fraction of sp³-hybridized carbons (Fsp3) is 0.400. The van der Waals surface area contributed by atoms with Crippen molar-refractivity contribution in [3.05, 3.63) is 35.9 Å². The number of hydrogen-bond acceptors (Lipinski definition) is 7. The van der Waals surface area contributed by atoms with Crippen molar-refractivity contribution in [3.63, 3.8) is 0 Å². The normalized spacial score (nSPS) is 10.8. The van der Waals surface area contributed by atoms with Crippen molar-refractivity contribution in [2.75, 3.05) is 44.9 Å². The maximum absolute atomic E-state index is 13.4. The van der Waals surface area contributed by atoms with Gasteiger partial charge in [-0.3, -0.25) is 4.90 Å². The van der Waals surface area contributed by atoms with Crippen LogP contribution < -0.4 is 15.4 Å². The van der Waals surface area contributed by atoms with Crippen LogP contribution in [0.3, 0.4) is 0 Å². The summed E-state index contributed by atoms with van der Waals surface area (Å²) >= 11 is 0. The van der Waals surface area contributed by atoms with Crippen molar-refractivity contribution >= 4 is 11.9 Å². The van der Waals surface area contributed by atoms with Gasteiger partial charge in [-0.2, -0.15) is 15.0 Å². The molecule has 124 valence electrons. The first-order valence-corrected chi connectivity index (χ1v) is 7.19. The van der Waals surface area contributed by atoms with E-state index in [4.69, 9.17) is 10.5 Å². The zero-order chi connectivity index (χ0) is 16.8. The highest BCUT2D eigenvalue weighted by molar-refractivity contribution is 5.32. The molecule has 2 N–H and O–H groups in total. The molecule has 0 spiro atoms. The minimum absolute atomic E-state index is 0.190. The summed E-state index contributed by atoms with van der Waals surface area (Å²) in [5.41, 5.74) is 5.69. The van der Waals surface area contributed by atoms with Gasteiger partial charge in [0, 0.05) is 20.6 Å². The third-order valence-corrected chi connectivity index (χ3v) is 3.07. The predicted octanol–water partition coefficient (Wildman–Crippen LogP) is 1.17. The van der Waals surface area contributed by atoms with Gasteiger partial charge >= 0.3 is 0 Å². The third kappa shape index (κ3) is 5.03. The minimum atomic E-state index is -0.365. The van der Waals surface area contributed by atoms with E-state index in [9.17, 15) is 4.39 Å². The van der Waals surface area contributed by atoms with Crippen LogP contribution in [0.1, 0.15) is 5.82 Å². The molecule has 1 aromatic heterocycles. The lowest BCUT2D eigenvalue weighted by molar-refractivity contribution is 0.224. The Hall–Kier alpha value is -2.48. The maximum atomic E-state index is 13.4. The number of benzene rings is 1. The van der Waals surface area contributed by atoms with Crippen LogP contribution in [-0.2, 0) is 6.54 Å². The molecule has 0 atom stereocenters. The molecule has 0 aliphatic heterocycles. The van der Waals surface area contributed by atoms with E-state index in [1.807, 2.05) is 26.0 Å². The zero-order valence-corrected chi connectivity index (χ0v) is 13.5. The fourth-order valence-electron chi connectivity index (χ4n) is 1.89. The second-order valence-corrected chi connectivity index (χ2v) is 5.32. The molecule has 0 aliphatic carbocycles. The fourth-order valence-corrected chi connectivity index (χ4v) is 1.89. The number of rotatable bonds is 7. The Morgan fingerprint density at radius 1 is 1.13 bits per heavy atom. The number of anilines is 2. The number of nitrogens with zero attached hydrogens (tertiary/aromatic N) is 5. The van der Waals surface area contributed by atoms with Crippen LogP contribution in [0.15, 0.2) is 24.3 Å². The summed E-state index contributed by atoms with van der Waals surface area (Å²) in [6.45, 7) is 1.45. The monoisotopic (exact) mass is 320 g/mol. The van der Waals surface area contributed by atoms with Gasteiger partial charge in [0.05, 0.1) is 6.54 Å². The standard InChI is InChI=1S/C15H21FN6O/c1-21(2)15-19-13(18-14(17)20-15)10-22(3)8-9-23-12-7-5-4-6-11(12)16/h4-7H,8-10H2,1-3H3,(H2,17,18,19,20). The molecule has 0 aliphatic rings. The Bertz CT molecular complexity index is 652. The molecule has 0 radical (unpaired) electrons. The first-order valence-electron chi connectivity index (χ1n) is 7.19. The Morgan fingerprint density at radius 2 is 1.87 bits per heavy atom. The molecule has 23 heavy (non-hydrogen) atoms. The molecule has 0 unspecified atom stereocenters. The van der Waals surface area contributed by atoms with Gasteiger partial charge in [-0.05, 0) is 19.2 Å². The summed E-state index contributed by atoms with van der Waals surface area (Å²) in [4.78, 5) is 16.2. The van der Waals surface area contributed by atoms with E-state index in [1.54, 1.807) is 23.1 Å². The van der Waals surface area contributed by atoms with Crippen LogP contribution in [0.2, 0.25) is 0 Å². The minimum Gasteiger partial charge on any atom is -0.489 e. The lowest BCUT2D eigenvalue weighted by Crippen LogP contribution is -2.26. The van der Waals surface area contributed by atoms with E-state index in [0.29, 0.717) is 31.5 Å². The predicted molar refractivity (Wildman–Crippen MR) is 86.8 cm³/mol. The van der Waals surface area contributed by atoms with Gasteiger partial charge in [0.1, 0.15) is 12.4 Å². The molecule has 1 heterocycles. The molecule has 0 bridgehead atoms. The summed E-state index contributed by atoms with van der Waals surface area (Å²) in [7, 11) is 5.58. The van der Waals surface area contributed by atoms with Crippen molar-refractivity contribution in [1.82, 2.24) is 19.9 Å². The highest BCUT2D eigenvalue weighted by atomic mass is 19.1. The average molecular weight is 320 g/mol. The van der Waals surface area contributed by atoms with E-state index < -0.39 is 0 Å². The topological polar surface area (TPSA) is 80.4 Å². The number of aromatic nitrogens is 3. The van der Waals surface area contributed by atoms with Crippen LogP contribution in [0.4, 0.5) is 16.3 Å². The number of para-hydroxylation sites is 1. The molecular weight excluding hydrogens is 299 g/mol. The van der Waals surface area contributed by atoms with Gasteiger partial charge < -0.3 is 15.4 Å². The Balaban J connectivity index is 1.87. The first-order chi connectivity index (χ1) is 11.0. The van der Waals surface area contributed by atoms with E-state index in [1.165, 1.54) is 6.07 Å². The molecule has 2 rings (SSSR count). The Morgan fingerprint density at radius 3 is 2.57 bits per heavy atom. The second-order valence-electron chi connectivity index (χ2n) is 5.32. The molecule has 0 fully saturated rings. The number of likely N-dealkylation sites (N-methyl/N-ethyl adjacent to an activating group) is 1. The highest BCUT2D eigenvalue weighted by Crippen LogP contribution is 2.15. The number of halogens is 1. The number of nitrogen functional groups attached to an aromatic ring is 1. The first kappa shape index (κ1) is 16.9. The summed E-state index contributed by atoms with van der Waals surface area (Å²) in [6.07, 6.45) is 0. The molecule has 0 saturated heterocycles. The van der Waals surface area contributed by atoms with E-state index >= 15 is 0 Å². The van der Waals surface area contributed by atoms with Gasteiger partial charge in [0.15, 0.2) is 11.6 Å². The van der Waals surface area contributed by atoms with Crippen LogP contribution in [0, 0.1) is 5.82 Å². The van der Waals surface area contributed by atoms with Gasteiger partial charge in [0.2, 0.25) is 11.9 Å². The lowest BCUT2D eigenvalue weighted by atomic mass is 10.3. The largest absolute Gasteiger partial charge is 0.489 e. The van der Waals surface area contributed by atoms with E-state index in [0.717, 1.165) is 0 Å². The maximum Gasteiger partial charge on any atom is 0.229 e. The van der Waals surface area contributed by atoms with E-state index in [2.05, 4.69) is 15.0 Å². The van der Waals surface area contributed by atoms with Gasteiger partial charge in [-0.25, -0.2) is 4.39 Å². The SMILES string of the molecule is CN(CCOc1ccccc1F)Cc1nc(N)nc(N(C)C)n1. The molecular formula is C15H21FN6O. The number of ether oxygens (including phenoxy) is 1. The molecule has 7 nitrogen and oxygen atoms in total.